The minimum Gasteiger partial charge on any atom is -0.497 e. The molecule has 27 heavy (non-hydrogen) atoms. The molecule has 148 valence electrons. The number of piperidine rings is 1. The topological polar surface area (TPSA) is 65.0 Å². The van der Waals surface area contributed by atoms with E-state index in [0.29, 0.717) is 12.6 Å². The van der Waals surface area contributed by atoms with Crippen LogP contribution >= 0.6 is 0 Å². The van der Waals surface area contributed by atoms with Crippen LogP contribution in [0.2, 0.25) is 0 Å². The van der Waals surface area contributed by atoms with Crippen LogP contribution in [0.25, 0.3) is 0 Å². The molecule has 0 aromatic heterocycles. The number of ether oxygens (including phenoxy) is 1. The molecule has 0 radical (unpaired) electrons. The van der Waals surface area contributed by atoms with Crippen LogP contribution in [0.4, 0.5) is 4.79 Å². The highest BCUT2D eigenvalue weighted by Gasteiger charge is 2.33. The fourth-order valence-electron chi connectivity index (χ4n) is 4.82. The largest absolute Gasteiger partial charge is 0.497 e. The first-order chi connectivity index (χ1) is 13.1. The van der Waals surface area contributed by atoms with E-state index in [1.807, 2.05) is 17.0 Å². The van der Waals surface area contributed by atoms with Crippen LogP contribution < -0.4 is 10.1 Å². The number of nitrogens with one attached hydrogen (secondary N) is 1. The highest BCUT2D eigenvalue weighted by molar-refractivity contribution is 5.75. The van der Waals surface area contributed by atoms with Gasteiger partial charge in [0, 0.05) is 38.3 Å². The van der Waals surface area contributed by atoms with Crippen molar-refractivity contribution < 1.29 is 14.6 Å². The van der Waals surface area contributed by atoms with Crippen LogP contribution in [0.1, 0.15) is 43.2 Å². The molecule has 4 rings (SSSR count). The smallest absolute Gasteiger partial charge is 0.317 e. The number of methoxy groups -OCH3 is 1. The number of benzene rings is 1. The van der Waals surface area contributed by atoms with Crippen molar-refractivity contribution >= 4 is 6.03 Å². The van der Waals surface area contributed by atoms with Crippen molar-refractivity contribution in [3.8, 4) is 5.75 Å². The zero-order valence-electron chi connectivity index (χ0n) is 16.2. The molecule has 1 saturated heterocycles. The number of nitrogens with zero attached hydrogens (tertiary/aromatic N) is 2. The standard InChI is InChI=1S/C21H31N3O3/c1-27-18-6-5-15-7-10-24(14-16(15)13-18)21(26)22-17-8-11-23(12-9-17)19-3-2-4-20(19)25/h5-6,13,17,19-20,25H,2-4,7-12,14H2,1H3,(H,22,26). The number of aliphatic hydroxyl groups excluding tert-OH is 1. The monoisotopic (exact) mass is 373 g/mol. The summed E-state index contributed by atoms with van der Waals surface area (Å²) < 4.78 is 5.32. The molecule has 1 saturated carbocycles. The molecule has 1 aromatic carbocycles. The Labute approximate surface area is 161 Å². The summed E-state index contributed by atoms with van der Waals surface area (Å²) in [5.74, 6) is 0.845. The Morgan fingerprint density at radius 1 is 1.15 bits per heavy atom. The molecule has 2 fully saturated rings. The van der Waals surface area contributed by atoms with Crippen LogP contribution in [-0.4, -0.2) is 65.9 Å². The molecule has 2 unspecified atom stereocenters. The Bertz CT molecular complexity index is 673. The second-order valence-corrected chi connectivity index (χ2v) is 8.13. The summed E-state index contributed by atoms with van der Waals surface area (Å²) in [6, 6.07) is 6.75. The number of carbonyl (C=O) groups excluding carboxylic acids is 1. The summed E-state index contributed by atoms with van der Waals surface area (Å²) in [6.45, 7) is 3.34. The number of carbonyl (C=O) groups is 1. The summed E-state index contributed by atoms with van der Waals surface area (Å²) in [4.78, 5) is 17.1. The Kier molecular flexibility index (Phi) is 5.55. The predicted molar refractivity (Wildman–Crippen MR) is 104 cm³/mol. The van der Waals surface area contributed by atoms with Gasteiger partial charge >= 0.3 is 6.03 Å². The van der Waals surface area contributed by atoms with E-state index < -0.39 is 0 Å². The fourth-order valence-corrected chi connectivity index (χ4v) is 4.82. The molecule has 6 nitrogen and oxygen atoms in total. The number of hydrogen-bond donors (Lipinski definition) is 2. The van der Waals surface area contributed by atoms with E-state index in [2.05, 4.69) is 16.3 Å². The average molecular weight is 373 g/mol. The van der Waals surface area contributed by atoms with E-state index in [-0.39, 0.29) is 18.2 Å². The van der Waals surface area contributed by atoms with E-state index in [9.17, 15) is 9.90 Å². The third-order valence-corrected chi connectivity index (χ3v) is 6.48. The molecular weight excluding hydrogens is 342 g/mol. The number of rotatable bonds is 3. The minimum atomic E-state index is -0.165. The van der Waals surface area contributed by atoms with Crippen LogP contribution in [0.3, 0.4) is 0 Å². The third kappa shape index (κ3) is 4.06. The summed E-state index contributed by atoms with van der Waals surface area (Å²) >= 11 is 0. The number of hydrogen-bond acceptors (Lipinski definition) is 4. The number of urea groups is 1. The highest BCUT2D eigenvalue weighted by Crippen LogP contribution is 2.27. The Balaban J connectivity index is 1.28. The molecule has 6 heteroatoms. The minimum absolute atomic E-state index is 0.0443. The van der Waals surface area contributed by atoms with E-state index in [1.165, 1.54) is 11.1 Å². The van der Waals surface area contributed by atoms with E-state index in [1.54, 1.807) is 7.11 Å². The van der Waals surface area contributed by atoms with Gasteiger partial charge in [0.15, 0.2) is 0 Å². The molecule has 2 aliphatic heterocycles. The first-order valence-corrected chi connectivity index (χ1v) is 10.3. The van der Waals surface area contributed by atoms with E-state index >= 15 is 0 Å². The molecule has 1 aromatic rings. The molecule has 1 aliphatic carbocycles. The number of amides is 2. The number of aliphatic hydroxyl groups is 1. The van der Waals surface area contributed by atoms with E-state index in [4.69, 9.17) is 4.74 Å². The van der Waals surface area contributed by atoms with Gasteiger partial charge in [-0.15, -0.1) is 0 Å². The second-order valence-electron chi connectivity index (χ2n) is 8.13. The highest BCUT2D eigenvalue weighted by atomic mass is 16.5. The van der Waals surface area contributed by atoms with Gasteiger partial charge in [0.1, 0.15) is 5.75 Å². The maximum atomic E-state index is 12.8. The van der Waals surface area contributed by atoms with Gasteiger partial charge < -0.3 is 20.1 Å². The van der Waals surface area contributed by atoms with Crippen molar-refractivity contribution in [3.63, 3.8) is 0 Å². The number of likely N-dealkylation sites (tertiary alicyclic amines) is 1. The van der Waals surface area contributed by atoms with Crippen molar-refractivity contribution in [1.29, 1.82) is 0 Å². The fraction of sp³-hybridized carbons (Fsp3) is 0.667. The van der Waals surface area contributed by atoms with Gasteiger partial charge in [-0.2, -0.15) is 0 Å². The first-order valence-electron chi connectivity index (χ1n) is 10.3. The lowest BCUT2D eigenvalue weighted by Crippen LogP contribution is -2.52. The molecule has 2 amide bonds. The van der Waals surface area contributed by atoms with Crippen LogP contribution in [0.5, 0.6) is 5.75 Å². The molecule has 2 heterocycles. The van der Waals surface area contributed by atoms with Crippen molar-refractivity contribution in [1.82, 2.24) is 15.1 Å². The average Bonchev–Trinajstić information content (AvgIpc) is 3.13. The first kappa shape index (κ1) is 18.6. The molecular formula is C21H31N3O3. The molecule has 0 bridgehead atoms. The summed E-state index contributed by atoms with van der Waals surface area (Å²) in [5.41, 5.74) is 2.49. The van der Waals surface area contributed by atoms with Gasteiger partial charge in [-0.1, -0.05) is 6.07 Å². The van der Waals surface area contributed by atoms with Gasteiger partial charge in [0.25, 0.3) is 0 Å². The quantitative estimate of drug-likeness (QED) is 0.852. The lowest BCUT2D eigenvalue weighted by atomic mass is 9.99. The zero-order valence-corrected chi connectivity index (χ0v) is 16.2. The Hall–Kier alpha value is -1.79. The van der Waals surface area contributed by atoms with Gasteiger partial charge in [-0.05, 0) is 61.8 Å². The van der Waals surface area contributed by atoms with Gasteiger partial charge in [0.05, 0.1) is 13.2 Å². The third-order valence-electron chi connectivity index (χ3n) is 6.48. The zero-order chi connectivity index (χ0) is 18.8. The molecule has 2 atom stereocenters. The van der Waals surface area contributed by atoms with Crippen LogP contribution in [0, 0.1) is 0 Å². The summed E-state index contributed by atoms with van der Waals surface area (Å²) in [5, 5.41) is 13.4. The SMILES string of the molecule is COc1ccc2c(c1)CN(C(=O)NC1CCN(C3CCCC3O)CC1)CC2. The molecule has 3 aliphatic rings. The van der Waals surface area contributed by atoms with Gasteiger partial charge in [0.2, 0.25) is 0 Å². The Morgan fingerprint density at radius 3 is 2.67 bits per heavy atom. The summed E-state index contributed by atoms with van der Waals surface area (Å²) in [6.07, 6.45) is 5.83. The van der Waals surface area contributed by atoms with Crippen molar-refractivity contribution in [2.45, 2.75) is 63.3 Å². The van der Waals surface area contributed by atoms with Gasteiger partial charge in [-0.3, -0.25) is 4.90 Å². The lowest BCUT2D eigenvalue weighted by molar-refractivity contribution is 0.0529. The van der Waals surface area contributed by atoms with Crippen molar-refractivity contribution in [3.05, 3.63) is 29.3 Å². The van der Waals surface area contributed by atoms with Gasteiger partial charge in [-0.25, -0.2) is 4.79 Å². The maximum Gasteiger partial charge on any atom is 0.317 e. The van der Waals surface area contributed by atoms with E-state index in [0.717, 1.165) is 63.9 Å². The summed E-state index contributed by atoms with van der Waals surface area (Å²) in [7, 11) is 1.67. The maximum absolute atomic E-state index is 12.8. The molecule has 0 spiro atoms. The lowest BCUT2D eigenvalue weighted by Gasteiger charge is -2.38. The number of fused-ring (bicyclic) bond motifs is 1. The Morgan fingerprint density at radius 2 is 1.96 bits per heavy atom. The van der Waals surface area contributed by atoms with Crippen LogP contribution in [-0.2, 0) is 13.0 Å². The normalized spacial score (nSPS) is 26.7. The second kappa shape index (κ2) is 8.07. The van der Waals surface area contributed by atoms with Crippen molar-refractivity contribution in [2.24, 2.45) is 0 Å². The van der Waals surface area contributed by atoms with Crippen molar-refractivity contribution in [2.75, 3.05) is 26.7 Å². The predicted octanol–water partition coefficient (Wildman–Crippen LogP) is 2.14. The van der Waals surface area contributed by atoms with Crippen LogP contribution in [0.15, 0.2) is 18.2 Å². The molecule has 2 N–H and O–H groups in total.